The third-order valence-electron chi connectivity index (χ3n) is 6.01. The summed E-state index contributed by atoms with van der Waals surface area (Å²) in [5.41, 5.74) is 3.12. The Hall–Kier alpha value is -4.82. The van der Waals surface area contributed by atoms with Crippen molar-refractivity contribution in [2.45, 2.75) is 6.54 Å². The van der Waals surface area contributed by atoms with Crippen LogP contribution in [-0.2, 0) is 6.54 Å². The zero-order chi connectivity index (χ0) is 25.4. The van der Waals surface area contributed by atoms with Crippen molar-refractivity contribution in [1.29, 1.82) is 0 Å². The Morgan fingerprint density at radius 2 is 1.70 bits per heavy atom. The smallest absolute Gasteiger partial charge is 0.354 e. The first-order chi connectivity index (χ1) is 18.1. The van der Waals surface area contributed by atoms with Gasteiger partial charge in [-0.2, -0.15) is 14.0 Å². The van der Waals surface area contributed by atoms with Crippen molar-refractivity contribution >= 4 is 17.2 Å². The van der Waals surface area contributed by atoms with Crippen LogP contribution in [-0.4, -0.2) is 24.6 Å². The Morgan fingerprint density at radius 3 is 2.51 bits per heavy atom. The molecule has 37 heavy (non-hydrogen) atoms. The summed E-state index contributed by atoms with van der Waals surface area (Å²) in [6, 6.07) is 25.5. The summed E-state index contributed by atoms with van der Waals surface area (Å²) in [7, 11) is 0. The zero-order valence-corrected chi connectivity index (χ0v) is 20.1. The van der Waals surface area contributed by atoms with Crippen molar-refractivity contribution in [3.63, 3.8) is 0 Å². The monoisotopic (exact) mass is 508 g/mol. The summed E-state index contributed by atoms with van der Waals surface area (Å²) in [4.78, 5) is 22.2. The highest BCUT2D eigenvalue weighted by molar-refractivity contribution is 6.29. The Balaban J connectivity index is 1.47. The lowest BCUT2D eigenvalue weighted by Crippen LogP contribution is -2.41. The fraction of sp³-hybridized carbons (Fsp3) is 0.0357. The van der Waals surface area contributed by atoms with Gasteiger partial charge in [0, 0.05) is 29.0 Å². The number of rotatable bonds is 5. The van der Waals surface area contributed by atoms with E-state index in [0.717, 1.165) is 11.1 Å². The van der Waals surface area contributed by atoms with E-state index in [4.69, 9.17) is 16.1 Å². The maximum absolute atomic E-state index is 13.5. The van der Waals surface area contributed by atoms with E-state index in [1.807, 2.05) is 48.5 Å². The highest BCUT2D eigenvalue weighted by Crippen LogP contribution is 2.29. The van der Waals surface area contributed by atoms with Gasteiger partial charge in [0.25, 0.3) is 17.4 Å². The Labute approximate surface area is 215 Å². The van der Waals surface area contributed by atoms with Crippen molar-refractivity contribution in [3.05, 3.63) is 118 Å². The van der Waals surface area contributed by atoms with Gasteiger partial charge in [-0.3, -0.25) is 0 Å². The van der Waals surface area contributed by atoms with Crippen LogP contribution in [0.4, 0.5) is 0 Å². The van der Waals surface area contributed by atoms with Crippen LogP contribution in [0.15, 0.2) is 107 Å². The van der Waals surface area contributed by atoms with Crippen LogP contribution in [0.1, 0.15) is 5.56 Å². The van der Waals surface area contributed by atoms with Gasteiger partial charge in [-0.25, -0.2) is 9.78 Å². The van der Waals surface area contributed by atoms with Crippen LogP contribution in [0.3, 0.4) is 0 Å². The van der Waals surface area contributed by atoms with Gasteiger partial charge in [-0.05, 0) is 35.9 Å². The summed E-state index contributed by atoms with van der Waals surface area (Å²) in [6.07, 6.45) is 3.31. The minimum absolute atomic E-state index is 0.152. The molecule has 8 nitrogen and oxygen atoms in total. The largest absolute Gasteiger partial charge is 0.477 e. The summed E-state index contributed by atoms with van der Waals surface area (Å²) in [5, 5.41) is 15.9. The van der Waals surface area contributed by atoms with Crippen molar-refractivity contribution in [2.75, 3.05) is 0 Å². The highest BCUT2D eigenvalue weighted by Gasteiger charge is 2.25. The third kappa shape index (κ3) is 4.23. The van der Waals surface area contributed by atoms with Crippen LogP contribution < -0.4 is 10.1 Å². The summed E-state index contributed by atoms with van der Waals surface area (Å²) in [6.45, 7) is 0.280. The maximum atomic E-state index is 13.5. The van der Waals surface area contributed by atoms with Gasteiger partial charge in [0.05, 0.1) is 6.20 Å². The molecule has 0 spiro atoms. The summed E-state index contributed by atoms with van der Waals surface area (Å²) in [5.74, 6) is 0.603. The highest BCUT2D eigenvalue weighted by atomic mass is 35.5. The Bertz CT molecular complexity index is 1800. The first-order valence-corrected chi connectivity index (χ1v) is 11.8. The van der Waals surface area contributed by atoms with Crippen molar-refractivity contribution < 1.29 is 14.2 Å². The van der Waals surface area contributed by atoms with Gasteiger partial charge in [0.2, 0.25) is 5.82 Å². The van der Waals surface area contributed by atoms with Gasteiger partial charge >= 0.3 is 5.56 Å². The quantitative estimate of drug-likeness (QED) is 0.266. The molecule has 0 saturated carbocycles. The molecule has 180 valence electrons. The predicted molar refractivity (Wildman–Crippen MR) is 138 cm³/mol. The normalized spacial score (nSPS) is 11.2. The molecule has 0 amide bonds. The Kier molecular flexibility index (Phi) is 5.71. The molecule has 4 heterocycles. The molecule has 1 N–H and O–H groups in total. The molecule has 2 aromatic carbocycles. The topological polar surface area (TPSA) is 97.4 Å². The van der Waals surface area contributed by atoms with Gasteiger partial charge in [-0.1, -0.05) is 65.3 Å². The van der Waals surface area contributed by atoms with E-state index >= 15 is 0 Å². The van der Waals surface area contributed by atoms with E-state index in [1.54, 1.807) is 53.4 Å². The summed E-state index contributed by atoms with van der Waals surface area (Å²) >= 11 is 5.94. The van der Waals surface area contributed by atoms with Gasteiger partial charge < -0.3 is 9.63 Å². The van der Waals surface area contributed by atoms with E-state index in [2.05, 4.69) is 15.1 Å². The number of hydrogen-bond acceptors (Lipinski definition) is 6. The van der Waals surface area contributed by atoms with E-state index in [9.17, 15) is 9.90 Å². The maximum Gasteiger partial charge on any atom is 0.354 e. The van der Waals surface area contributed by atoms with Crippen LogP contribution >= 0.6 is 11.6 Å². The van der Waals surface area contributed by atoms with E-state index in [-0.39, 0.29) is 23.5 Å². The molecule has 0 radical (unpaired) electrons. The molecule has 0 aliphatic rings. The zero-order valence-electron chi connectivity index (χ0n) is 19.3. The number of benzene rings is 2. The number of aromatic nitrogens is 5. The minimum Gasteiger partial charge on any atom is -0.477 e. The molecule has 6 rings (SSSR count). The van der Waals surface area contributed by atoms with Crippen LogP contribution in [0.2, 0.25) is 5.15 Å². The molecule has 0 saturated heterocycles. The molecule has 6 aromatic rings. The molecule has 9 heteroatoms. The Morgan fingerprint density at radius 1 is 0.919 bits per heavy atom. The van der Waals surface area contributed by atoms with Crippen LogP contribution in [0.25, 0.3) is 39.6 Å². The molecule has 0 fully saturated rings. The lowest BCUT2D eigenvalue weighted by molar-refractivity contribution is -0.671. The molecule has 0 aliphatic heterocycles. The molecule has 0 unspecified atom stereocenters. The lowest BCUT2D eigenvalue weighted by atomic mass is 10.0. The average Bonchev–Trinajstić information content (AvgIpc) is 3.44. The minimum atomic E-state index is -0.353. The standard InChI is InChI=1S/C28H18ClN5O3/c29-22-13-12-18(16-30-22)17-34-23-11-4-5-14-33(23)27(35)24(28(34)36)20-9-6-10-21(15-20)25-31-26(37-32-25)19-7-2-1-3-8-19/h1-16H,17H2/p+1. The molecule has 4 aromatic heterocycles. The van der Waals surface area contributed by atoms with Gasteiger partial charge in [0.15, 0.2) is 5.56 Å². The third-order valence-corrected chi connectivity index (χ3v) is 6.24. The fourth-order valence-electron chi connectivity index (χ4n) is 4.23. The van der Waals surface area contributed by atoms with Crippen molar-refractivity contribution in [1.82, 2.24) is 19.5 Å². The second-order valence-corrected chi connectivity index (χ2v) is 8.77. The summed E-state index contributed by atoms with van der Waals surface area (Å²) < 4.78 is 8.62. The average molecular weight is 509 g/mol. The molecule has 0 bridgehead atoms. The van der Waals surface area contributed by atoms with Gasteiger partial charge in [-0.15, -0.1) is 0 Å². The lowest BCUT2D eigenvalue weighted by Gasteiger charge is -2.10. The molecular formula is C28H19ClN5O3+. The first-order valence-electron chi connectivity index (χ1n) is 11.4. The van der Waals surface area contributed by atoms with E-state index in [0.29, 0.717) is 33.6 Å². The fourth-order valence-corrected chi connectivity index (χ4v) is 4.34. The molecular weight excluding hydrogens is 490 g/mol. The number of fused-ring (bicyclic) bond motifs is 1. The number of pyridine rings is 2. The predicted octanol–water partition coefficient (Wildman–Crippen LogP) is 4.77. The molecule has 0 atom stereocenters. The van der Waals surface area contributed by atoms with Crippen LogP contribution in [0.5, 0.6) is 5.88 Å². The number of hydrogen-bond donors (Lipinski definition) is 1. The SMILES string of the molecule is O=c1c(-c2cccc(-c3noc(-c4ccccc4)n3)c2)c(O)[n+](Cc2ccc(Cl)nc2)c2ccccn12. The number of nitrogens with zero attached hydrogens (tertiary/aromatic N) is 5. The van der Waals surface area contributed by atoms with Crippen molar-refractivity contribution in [3.8, 4) is 39.8 Å². The van der Waals surface area contributed by atoms with Crippen molar-refractivity contribution in [2.24, 2.45) is 0 Å². The number of aromatic hydroxyl groups is 1. The second kappa shape index (κ2) is 9.33. The first kappa shape index (κ1) is 22.6. The van der Waals surface area contributed by atoms with Crippen LogP contribution in [0, 0.1) is 0 Å². The van der Waals surface area contributed by atoms with Gasteiger partial charge in [0.1, 0.15) is 11.7 Å². The van der Waals surface area contributed by atoms with E-state index < -0.39 is 0 Å². The second-order valence-electron chi connectivity index (χ2n) is 8.38. The van der Waals surface area contributed by atoms with E-state index in [1.165, 1.54) is 4.40 Å². The number of halogens is 1. The molecule has 0 aliphatic carbocycles.